The summed E-state index contributed by atoms with van der Waals surface area (Å²) in [4.78, 5) is 14.2. The minimum atomic E-state index is -0.300. The van der Waals surface area contributed by atoms with E-state index in [4.69, 9.17) is 4.74 Å². The monoisotopic (exact) mass is 311 g/mol. The topological polar surface area (TPSA) is 65.4 Å². The lowest BCUT2D eigenvalue weighted by molar-refractivity contribution is -0.145. The van der Waals surface area contributed by atoms with E-state index in [1.165, 1.54) is 5.57 Å². The second-order valence-corrected chi connectivity index (χ2v) is 5.94. The number of benzene rings is 1. The molecule has 23 heavy (non-hydrogen) atoms. The molecule has 1 aromatic carbocycles. The van der Waals surface area contributed by atoms with Gasteiger partial charge < -0.3 is 15.0 Å². The Balaban J connectivity index is 1.94. The number of carbonyl (C=O) groups is 1. The van der Waals surface area contributed by atoms with Gasteiger partial charge >= 0.3 is 5.97 Å². The van der Waals surface area contributed by atoms with E-state index in [1.54, 1.807) is 0 Å². The van der Waals surface area contributed by atoms with Gasteiger partial charge in [-0.2, -0.15) is 5.26 Å². The Kier molecular flexibility index (Phi) is 4.24. The van der Waals surface area contributed by atoms with Crippen LogP contribution in [-0.4, -0.2) is 25.7 Å². The van der Waals surface area contributed by atoms with E-state index in [9.17, 15) is 10.1 Å². The van der Waals surface area contributed by atoms with Gasteiger partial charge in [0.2, 0.25) is 0 Å². The predicted octanol–water partition coefficient (Wildman–Crippen LogP) is 2.47. The Hall–Kier alpha value is -2.48. The summed E-state index contributed by atoms with van der Waals surface area (Å²) >= 11 is 0. The van der Waals surface area contributed by atoms with E-state index < -0.39 is 0 Å². The summed E-state index contributed by atoms with van der Waals surface area (Å²) in [6.45, 7) is 2.22. The number of hydrogen-bond donors (Lipinski definition) is 1. The lowest BCUT2D eigenvalue weighted by atomic mass is 9.92. The van der Waals surface area contributed by atoms with Crippen molar-refractivity contribution in [1.82, 2.24) is 5.32 Å². The van der Waals surface area contributed by atoms with Crippen LogP contribution in [0.3, 0.4) is 0 Å². The lowest BCUT2D eigenvalue weighted by Gasteiger charge is -2.34. The molecule has 2 heterocycles. The zero-order valence-electron chi connectivity index (χ0n) is 13.6. The largest absolute Gasteiger partial charge is 0.464 e. The van der Waals surface area contributed by atoms with E-state index in [0.717, 1.165) is 48.3 Å². The van der Waals surface area contributed by atoms with Crippen LogP contribution in [0.5, 0.6) is 0 Å². The maximum atomic E-state index is 12.1. The molecule has 0 saturated heterocycles. The Morgan fingerprint density at radius 3 is 3.09 bits per heavy atom. The molecule has 1 N–H and O–H groups in total. The highest BCUT2D eigenvalue weighted by Gasteiger charge is 2.31. The number of ether oxygens (including phenoxy) is 1. The summed E-state index contributed by atoms with van der Waals surface area (Å²) in [7, 11) is 1.98. The van der Waals surface area contributed by atoms with E-state index in [1.807, 2.05) is 32.2 Å². The van der Waals surface area contributed by atoms with E-state index in [2.05, 4.69) is 16.3 Å². The zero-order valence-corrected chi connectivity index (χ0v) is 13.6. The van der Waals surface area contributed by atoms with E-state index in [-0.39, 0.29) is 12.0 Å². The molecule has 0 fully saturated rings. The molecule has 0 aliphatic carbocycles. The third kappa shape index (κ3) is 2.77. The molecular formula is C18H21N3O2. The first-order valence-electron chi connectivity index (χ1n) is 8.06. The molecule has 1 unspecified atom stereocenters. The van der Waals surface area contributed by atoms with Gasteiger partial charge in [-0.15, -0.1) is 0 Å². The van der Waals surface area contributed by atoms with Crippen molar-refractivity contribution in [2.75, 3.05) is 18.6 Å². The predicted molar refractivity (Wildman–Crippen MR) is 87.7 cm³/mol. The first kappa shape index (κ1) is 15.4. The molecule has 0 spiro atoms. The number of fused-ring (bicyclic) bond motifs is 1. The average molecular weight is 311 g/mol. The SMILES string of the molecule is CCOC(=O)C1CCCC2=C(N1)N(C)c1cccc(C#N)c1C2. The third-order valence-electron chi connectivity index (χ3n) is 4.55. The van der Waals surface area contributed by atoms with Crippen molar-refractivity contribution in [3.8, 4) is 6.07 Å². The van der Waals surface area contributed by atoms with Crippen LogP contribution in [0.15, 0.2) is 29.6 Å². The van der Waals surface area contributed by atoms with Gasteiger partial charge in [-0.05, 0) is 49.5 Å². The van der Waals surface area contributed by atoms with Crippen molar-refractivity contribution < 1.29 is 9.53 Å². The molecule has 0 amide bonds. The standard InChI is InChI=1S/C18H21N3O2/c1-3-23-18(22)15-8-4-6-12-10-14-13(11-19)7-5-9-16(14)21(2)17(12)20-15/h5,7,9,15,20H,3-4,6,8,10H2,1-2H3. The number of anilines is 1. The first-order chi connectivity index (χ1) is 11.2. The molecule has 2 aliphatic rings. The number of hydrogen-bond acceptors (Lipinski definition) is 5. The quantitative estimate of drug-likeness (QED) is 0.850. The number of nitrogens with zero attached hydrogens (tertiary/aromatic N) is 2. The maximum Gasteiger partial charge on any atom is 0.328 e. The Labute approximate surface area is 136 Å². The minimum Gasteiger partial charge on any atom is -0.464 e. The summed E-state index contributed by atoms with van der Waals surface area (Å²) < 4.78 is 5.17. The molecule has 120 valence electrons. The van der Waals surface area contributed by atoms with Crippen molar-refractivity contribution in [3.63, 3.8) is 0 Å². The molecule has 5 nitrogen and oxygen atoms in total. The molecule has 0 radical (unpaired) electrons. The molecule has 0 bridgehead atoms. The lowest BCUT2D eigenvalue weighted by Crippen LogP contribution is -2.42. The highest BCUT2D eigenvalue weighted by atomic mass is 16.5. The van der Waals surface area contributed by atoms with Crippen molar-refractivity contribution in [2.24, 2.45) is 0 Å². The second kappa shape index (κ2) is 6.33. The number of esters is 1. The Morgan fingerprint density at radius 2 is 2.35 bits per heavy atom. The van der Waals surface area contributed by atoms with Crippen LogP contribution in [0, 0.1) is 11.3 Å². The van der Waals surface area contributed by atoms with Gasteiger partial charge in [0.15, 0.2) is 0 Å². The van der Waals surface area contributed by atoms with Crippen molar-refractivity contribution in [1.29, 1.82) is 5.26 Å². The smallest absolute Gasteiger partial charge is 0.328 e. The number of nitrogens with one attached hydrogen (secondary N) is 1. The highest BCUT2D eigenvalue weighted by molar-refractivity contribution is 5.77. The van der Waals surface area contributed by atoms with Gasteiger partial charge in [0.1, 0.15) is 11.9 Å². The van der Waals surface area contributed by atoms with Crippen LogP contribution >= 0.6 is 0 Å². The number of rotatable bonds is 2. The molecule has 5 heteroatoms. The van der Waals surface area contributed by atoms with Gasteiger partial charge in [0, 0.05) is 19.2 Å². The van der Waals surface area contributed by atoms with Crippen LogP contribution in [0.2, 0.25) is 0 Å². The van der Waals surface area contributed by atoms with E-state index >= 15 is 0 Å². The van der Waals surface area contributed by atoms with Gasteiger partial charge in [-0.1, -0.05) is 6.07 Å². The molecule has 1 atom stereocenters. The van der Waals surface area contributed by atoms with Crippen molar-refractivity contribution >= 4 is 11.7 Å². The van der Waals surface area contributed by atoms with Crippen LogP contribution in [0.1, 0.15) is 37.3 Å². The molecule has 0 aromatic heterocycles. The fourth-order valence-electron chi connectivity index (χ4n) is 3.42. The van der Waals surface area contributed by atoms with Crippen LogP contribution in [0.4, 0.5) is 5.69 Å². The molecular weight excluding hydrogens is 290 g/mol. The van der Waals surface area contributed by atoms with Gasteiger partial charge in [0.05, 0.1) is 18.2 Å². The summed E-state index contributed by atoms with van der Waals surface area (Å²) in [5.41, 5.74) is 4.09. The fourth-order valence-corrected chi connectivity index (χ4v) is 3.42. The average Bonchev–Trinajstić information content (AvgIpc) is 2.77. The Bertz CT molecular complexity index is 703. The number of nitriles is 1. The maximum absolute atomic E-state index is 12.1. The molecule has 0 saturated carbocycles. The summed E-state index contributed by atoms with van der Waals surface area (Å²) in [5, 5.41) is 12.7. The summed E-state index contributed by atoms with van der Waals surface area (Å²) in [5.74, 6) is 0.800. The second-order valence-electron chi connectivity index (χ2n) is 5.94. The van der Waals surface area contributed by atoms with Crippen LogP contribution < -0.4 is 10.2 Å². The molecule has 2 aliphatic heterocycles. The van der Waals surface area contributed by atoms with Gasteiger partial charge in [0.25, 0.3) is 0 Å². The van der Waals surface area contributed by atoms with Crippen LogP contribution in [0.25, 0.3) is 0 Å². The fraction of sp³-hybridized carbons (Fsp3) is 0.444. The van der Waals surface area contributed by atoms with Crippen molar-refractivity contribution in [3.05, 3.63) is 40.7 Å². The highest BCUT2D eigenvalue weighted by Crippen LogP contribution is 2.36. The first-order valence-corrected chi connectivity index (χ1v) is 8.06. The minimum absolute atomic E-state index is 0.189. The molecule has 1 aromatic rings. The van der Waals surface area contributed by atoms with Gasteiger partial charge in [-0.3, -0.25) is 0 Å². The van der Waals surface area contributed by atoms with Crippen LogP contribution in [-0.2, 0) is 16.0 Å². The Morgan fingerprint density at radius 1 is 1.52 bits per heavy atom. The number of allylic oxidation sites excluding steroid dienone is 1. The third-order valence-corrected chi connectivity index (χ3v) is 4.55. The van der Waals surface area contributed by atoms with Crippen molar-refractivity contribution in [2.45, 2.75) is 38.6 Å². The normalized spacial score (nSPS) is 19.9. The van der Waals surface area contributed by atoms with Gasteiger partial charge in [-0.25, -0.2) is 4.79 Å². The number of carbonyl (C=O) groups excluding carboxylic acids is 1. The summed E-state index contributed by atoms with van der Waals surface area (Å²) in [6, 6.07) is 7.77. The van der Waals surface area contributed by atoms with E-state index in [0.29, 0.717) is 6.61 Å². The zero-order chi connectivity index (χ0) is 16.4. The molecule has 3 rings (SSSR count). The summed E-state index contributed by atoms with van der Waals surface area (Å²) in [6.07, 6.45) is 3.40.